The van der Waals surface area contributed by atoms with E-state index in [1.54, 1.807) is 0 Å². The first-order chi connectivity index (χ1) is 8.06. The third-order valence-corrected chi connectivity index (χ3v) is 4.20. The van der Waals surface area contributed by atoms with E-state index in [0.717, 1.165) is 18.9 Å². The van der Waals surface area contributed by atoms with E-state index in [9.17, 15) is 5.26 Å². The van der Waals surface area contributed by atoms with Gasteiger partial charge in [0.05, 0.1) is 6.07 Å². The highest BCUT2D eigenvalue weighted by Gasteiger charge is 2.41. The fourth-order valence-corrected chi connectivity index (χ4v) is 3.19. The molecule has 17 heavy (non-hydrogen) atoms. The molecular formula is C14H25N3. The van der Waals surface area contributed by atoms with Gasteiger partial charge in [0, 0.05) is 18.1 Å². The van der Waals surface area contributed by atoms with Crippen LogP contribution < -0.4 is 5.32 Å². The van der Waals surface area contributed by atoms with Crippen molar-refractivity contribution in [3.05, 3.63) is 0 Å². The average molecular weight is 235 g/mol. The van der Waals surface area contributed by atoms with Gasteiger partial charge in [-0.25, -0.2) is 0 Å². The number of nitrogens with one attached hydrogen (secondary N) is 1. The molecule has 0 spiro atoms. The number of hydrogen-bond acceptors (Lipinski definition) is 3. The van der Waals surface area contributed by atoms with Crippen molar-refractivity contribution >= 4 is 0 Å². The minimum absolute atomic E-state index is 0.278. The molecule has 2 fully saturated rings. The SMILES string of the molecule is CC(C)NC1(C#N)CCCC(N(C)C2CC2)C1. The predicted octanol–water partition coefficient (Wildman–Crippen LogP) is 2.28. The molecule has 2 aliphatic carbocycles. The minimum atomic E-state index is -0.278. The van der Waals surface area contributed by atoms with Crippen molar-refractivity contribution in [3.63, 3.8) is 0 Å². The molecule has 96 valence electrons. The molecule has 0 saturated heterocycles. The summed E-state index contributed by atoms with van der Waals surface area (Å²) in [5.74, 6) is 0. The Balaban J connectivity index is 2.01. The molecule has 0 heterocycles. The molecule has 2 unspecified atom stereocenters. The van der Waals surface area contributed by atoms with Crippen LogP contribution in [0.1, 0.15) is 52.4 Å². The van der Waals surface area contributed by atoms with Crippen LogP contribution in [0.3, 0.4) is 0 Å². The van der Waals surface area contributed by atoms with E-state index in [-0.39, 0.29) is 5.54 Å². The van der Waals surface area contributed by atoms with Gasteiger partial charge in [-0.3, -0.25) is 5.32 Å². The van der Waals surface area contributed by atoms with Gasteiger partial charge in [-0.1, -0.05) is 0 Å². The zero-order valence-electron chi connectivity index (χ0n) is 11.4. The monoisotopic (exact) mass is 235 g/mol. The van der Waals surface area contributed by atoms with E-state index < -0.39 is 0 Å². The van der Waals surface area contributed by atoms with Crippen molar-refractivity contribution in [1.82, 2.24) is 10.2 Å². The number of nitrogens with zero attached hydrogens (tertiary/aromatic N) is 2. The second-order valence-electron chi connectivity index (χ2n) is 6.14. The lowest BCUT2D eigenvalue weighted by molar-refractivity contribution is 0.134. The lowest BCUT2D eigenvalue weighted by Gasteiger charge is -2.41. The van der Waals surface area contributed by atoms with Crippen molar-refractivity contribution in [3.8, 4) is 6.07 Å². The number of hydrogen-bond donors (Lipinski definition) is 1. The van der Waals surface area contributed by atoms with Gasteiger partial charge in [0.25, 0.3) is 0 Å². The van der Waals surface area contributed by atoms with Crippen LogP contribution in [0.25, 0.3) is 0 Å². The molecule has 0 bridgehead atoms. The van der Waals surface area contributed by atoms with Gasteiger partial charge in [-0.05, 0) is 59.4 Å². The Morgan fingerprint density at radius 2 is 2.00 bits per heavy atom. The van der Waals surface area contributed by atoms with Crippen molar-refractivity contribution in [1.29, 1.82) is 5.26 Å². The minimum Gasteiger partial charge on any atom is -0.300 e. The van der Waals surface area contributed by atoms with Crippen LogP contribution in [0.4, 0.5) is 0 Å². The smallest absolute Gasteiger partial charge is 0.108 e. The quantitative estimate of drug-likeness (QED) is 0.812. The lowest BCUT2D eigenvalue weighted by atomic mass is 9.79. The predicted molar refractivity (Wildman–Crippen MR) is 69.7 cm³/mol. The zero-order valence-corrected chi connectivity index (χ0v) is 11.4. The third kappa shape index (κ3) is 3.00. The Morgan fingerprint density at radius 1 is 1.29 bits per heavy atom. The molecular weight excluding hydrogens is 210 g/mol. The van der Waals surface area contributed by atoms with Crippen LogP contribution in [0.5, 0.6) is 0 Å². The largest absolute Gasteiger partial charge is 0.300 e. The molecule has 2 rings (SSSR count). The Hall–Kier alpha value is -0.590. The first-order valence-corrected chi connectivity index (χ1v) is 6.97. The van der Waals surface area contributed by atoms with E-state index >= 15 is 0 Å². The van der Waals surface area contributed by atoms with E-state index in [4.69, 9.17) is 0 Å². The molecule has 0 aliphatic heterocycles. The van der Waals surface area contributed by atoms with Crippen molar-refractivity contribution in [2.75, 3.05) is 7.05 Å². The summed E-state index contributed by atoms with van der Waals surface area (Å²) in [4.78, 5) is 2.52. The fraction of sp³-hybridized carbons (Fsp3) is 0.929. The molecule has 0 aromatic rings. The molecule has 2 saturated carbocycles. The topological polar surface area (TPSA) is 39.1 Å². The van der Waals surface area contributed by atoms with Crippen molar-refractivity contribution < 1.29 is 0 Å². The molecule has 0 radical (unpaired) electrons. The highest BCUT2D eigenvalue weighted by atomic mass is 15.2. The van der Waals surface area contributed by atoms with Gasteiger partial charge >= 0.3 is 0 Å². The number of nitriles is 1. The van der Waals surface area contributed by atoms with Crippen LogP contribution in [0.2, 0.25) is 0 Å². The van der Waals surface area contributed by atoms with Gasteiger partial charge in [-0.15, -0.1) is 0 Å². The summed E-state index contributed by atoms with van der Waals surface area (Å²) in [7, 11) is 2.24. The maximum Gasteiger partial charge on any atom is 0.108 e. The van der Waals surface area contributed by atoms with E-state index in [1.165, 1.54) is 25.7 Å². The molecule has 2 atom stereocenters. The summed E-state index contributed by atoms with van der Waals surface area (Å²) >= 11 is 0. The molecule has 0 aromatic heterocycles. The highest BCUT2D eigenvalue weighted by Crippen LogP contribution is 2.36. The second kappa shape index (κ2) is 4.96. The fourth-order valence-electron chi connectivity index (χ4n) is 3.19. The Kier molecular flexibility index (Phi) is 3.75. The summed E-state index contributed by atoms with van der Waals surface area (Å²) in [6, 6.07) is 4.34. The third-order valence-electron chi connectivity index (χ3n) is 4.20. The standard InChI is InChI=1S/C14H25N3/c1-11(2)16-14(10-15)8-4-5-13(9-14)17(3)12-6-7-12/h11-13,16H,4-9H2,1-3H3. The molecule has 3 nitrogen and oxygen atoms in total. The molecule has 3 heteroatoms. The van der Waals surface area contributed by atoms with E-state index in [1.807, 2.05) is 0 Å². The Labute approximate surface area is 105 Å². The summed E-state index contributed by atoms with van der Waals surface area (Å²) in [5.41, 5.74) is -0.278. The Morgan fingerprint density at radius 3 is 2.53 bits per heavy atom. The maximum absolute atomic E-state index is 9.51. The van der Waals surface area contributed by atoms with Gasteiger partial charge in [-0.2, -0.15) is 5.26 Å². The van der Waals surface area contributed by atoms with Crippen LogP contribution >= 0.6 is 0 Å². The van der Waals surface area contributed by atoms with Crippen molar-refractivity contribution in [2.45, 2.75) is 76.0 Å². The first kappa shape index (κ1) is 12.9. The normalized spacial score (nSPS) is 34.0. The van der Waals surface area contributed by atoms with E-state index in [0.29, 0.717) is 12.1 Å². The average Bonchev–Trinajstić information content (AvgIpc) is 3.11. The lowest BCUT2D eigenvalue weighted by Crippen LogP contribution is -2.54. The van der Waals surface area contributed by atoms with Gasteiger partial charge in [0.1, 0.15) is 5.54 Å². The zero-order chi connectivity index (χ0) is 12.5. The van der Waals surface area contributed by atoms with E-state index in [2.05, 4.69) is 37.2 Å². The summed E-state index contributed by atoms with van der Waals surface area (Å²) in [6.45, 7) is 4.26. The molecule has 2 aliphatic rings. The Bertz CT molecular complexity index is 303. The van der Waals surface area contributed by atoms with Crippen LogP contribution in [0.15, 0.2) is 0 Å². The van der Waals surface area contributed by atoms with Crippen LogP contribution in [-0.2, 0) is 0 Å². The van der Waals surface area contributed by atoms with Gasteiger partial charge in [0.15, 0.2) is 0 Å². The number of rotatable bonds is 4. The molecule has 1 N–H and O–H groups in total. The maximum atomic E-state index is 9.51. The van der Waals surface area contributed by atoms with Crippen LogP contribution in [0, 0.1) is 11.3 Å². The summed E-state index contributed by atoms with van der Waals surface area (Å²) in [6.07, 6.45) is 7.14. The van der Waals surface area contributed by atoms with Crippen molar-refractivity contribution in [2.24, 2.45) is 0 Å². The highest BCUT2D eigenvalue weighted by molar-refractivity contribution is 5.12. The molecule has 0 aromatic carbocycles. The van der Waals surface area contributed by atoms with Gasteiger partial charge < -0.3 is 4.90 Å². The van der Waals surface area contributed by atoms with Crippen LogP contribution in [-0.4, -0.2) is 35.6 Å². The second-order valence-corrected chi connectivity index (χ2v) is 6.14. The first-order valence-electron chi connectivity index (χ1n) is 6.97. The summed E-state index contributed by atoms with van der Waals surface area (Å²) in [5, 5.41) is 13.0. The molecule has 0 amide bonds. The summed E-state index contributed by atoms with van der Waals surface area (Å²) < 4.78 is 0. The van der Waals surface area contributed by atoms with Gasteiger partial charge in [0.2, 0.25) is 0 Å².